The smallest absolute Gasteiger partial charge is 0.407 e. The van der Waals surface area contributed by atoms with Crippen LogP contribution in [-0.4, -0.2) is 74.5 Å². The molecule has 0 spiro atoms. The lowest BCUT2D eigenvalue weighted by molar-refractivity contribution is 0.0517. The van der Waals surface area contributed by atoms with Gasteiger partial charge in [0.05, 0.1) is 36.5 Å². The summed E-state index contributed by atoms with van der Waals surface area (Å²) in [6, 6.07) is 15.8. The summed E-state index contributed by atoms with van der Waals surface area (Å²) in [6.07, 6.45) is -0.0405. The Morgan fingerprint density at radius 2 is 0.846 bits per heavy atom. The molecule has 0 heterocycles. The molecule has 14 heteroatoms. The van der Waals surface area contributed by atoms with Crippen molar-refractivity contribution in [3.8, 4) is 0 Å². The summed E-state index contributed by atoms with van der Waals surface area (Å²) in [5.74, 6) is -3.30. The Balaban J connectivity index is 1.75. The third kappa shape index (κ3) is 12.8. The molecule has 0 aliphatic heterocycles. The fourth-order valence-electron chi connectivity index (χ4n) is 4.69. The van der Waals surface area contributed by atoms with E-state index < -0.39 is 47.1 Å². The molecule has 0 atom stereocenters. The molecule has 0 unspecified atom stereocenters. The molecule has 4 amide bonds. The quantitative estimate of drug-likeness (QED) is 0.130. The lowest BCUT2D eigenvalue weighted by Gasteiger charge is -2.19. The van der Waals surface area contributed by atoms with Crippen LogP contribution in [0.1, 0.15) is 94.1 Å². The molecule has 14 nitrogen and oxygen atoms in total. The molecule has 3 aromatic rings. The maximum absolute atomic E-state index is 13.5. The van der Waals surface area contributed by atoms with E-state index in [1.807, 2.05) is 0 Å². The lowest BCUT2D eigenvalue weighted by atomic mass is 9.96. The Hall–Kier alpha value is -5.92. The number of ether oxygens (including phenoxy) is 4. The lowest BCUT2D eigenvalue weighted by Crippen LogP contribution is -2.33. The molecule has 0 saturated carbocycles. The van der Waals surface area contributed by atoms with Crippen LogP contribution < -0.4 is 21.3 Å². The largest absolute Gasteiger partial charge is 0.465 e. The van der Waals surface area contributed by atoms with Crippen LogP contribution in [-0.2, 0) is 31.8 Å². The molecule has 4 N–H and O–H groups in total. The highest BCUT2D eigenvalue weighted by molar-refractivity contribution is 6.17. The second-order valence-corrected chi connectivity index (χ2v) is 13.6. The minimum absolute atomic E-state index is 0.223. The second kappa shape index (κ2) is 17.8. The van der Waals surface area contributed by atoms with Crippen LogP contribution in [0.5, 0.6) is 0 Å². The van der Waals surface area contributed by atoms with Crippen molar-refractivity contribution in [1.82, 2.24) is 10.6 Å². The zero-order valence-corrected chi connectivity index (χ0v) is 30.7. The number of rotatable bonds is 12. The van der Waals surface area contributed by atoms with Crippen molar-refractivity contribution in [2.75, 3.05) is 37.9 Å². The average molecular weight is 719 g/mol. The van der Waals surface area contributed by atoms with Crippen LogP contribution in [0.2, 0.25) is 0 Å². The highest BCUT2D eigenvalue weighted by Crippen LogP contribution is 2.23. The van der Waals surface area contributed by atoms with E-state index in [4.69, 9.17) is 18.9 Å². The first-order chi connectivity index (χ1) is 24.4. The summed E-state index contributed by atoms with van der Waals surface area (Å²) in [5, 5.41) is 10.8. The summed E-state index contributed by atoms with van der Waals surface area (Å²) in [7, 11) is 2.25. The normalized spacial score (nSPS) is 11.1. The Morgan fingerprint density at radius 3 is 1.13 bits per heavy atom. The fourth-order valence-corrected chi connectivity index (χ4v) is 4.69. The predicted molar refractivity (Wildman–Crippen MR) is 194 cm³/mol. The number of esters is 2. The van der Waals surface area contributed by atoms with Crippen molar-refractivity contribution in [3.05, 3.63) is 94.0 Å². The van der Waals surface area contributed by atoms with Gasteiger partial charge in [-0.25, -0.2) is 19.2 Å². The first kappa shape index (κ1) is 40.5. The zero-order chi connectivity index (χ0) is 38.6. The van der Waals surface area contributed by atoms with Crippen LogP contribution in [0.15, 0.2) is 60.7 Å². The number of hydrogen-bond donors (Lipinski definition) is 4. The van der Waals surface area contributed by atoms with E-state index in [1.54, 1.807) is 90.1 Å². The van der Waals surface area contributed by atoms with Gasteiger partial charge in [-0.05, 0) is 102 Å². The molecule has 0 aromatic heterocycles. The molecule has 278 valence electrons. The highest BCUT2D eigenvalue weighted by Gasteiger charge is 2.27. The first-order valence-electron chi connectivity index (χ1n) is 16.5. The third-order valence-electron chi connectivity index (χ3n) is 7.04. The van der Waals surface area contributed by atoms with E-state index in [9.17, 15) is 28.8 Å². The topological polar surface area (TPSA) is 187 Å². The zero-order valence-electron chi connectivity index (χ0n) is 30.7. The molecule has 3 rings (SSSR count). The third-order valence-corrected chi connectivity index (χ3v) is 7.04. The number of nitrogens with one attached hydrogen (secondary N) is 4. The number of hydrogen-bond acceptors (Lipinski definition) is 10. The van der Waals surface area contributed by atoms with Crippen molar-refractivity contribution in [3.63, 3.8) is 0 Å². The Bertz CT molecular complexity index is 1640. The molecule has 0 aliphatic rings. The second-order valence-electron chi connectivity index (χ2n) is 13.6. The maximum atomic E-state index is 13.5. The van der Waals surface area contributed by atoms with Crippen LogP contribution >= 0.6 is 0 Å². The summed E-state index contributed by atoms with van der Waals surface area (Å²) in [5.41, 5.74) is 0.340. The minimum Gasteiger partial charge on any atom is -0.465 e. The van der Waals surface area contributed by atoms with Crippen LogP contribution in [0, 0.1) is 0 Å². The van der Waals surface area contributed by atoms with Crippen LogP contribution in [0.4, 0.5) is 21.0 Å². The minimum atomic E-state index is -0.909. The number of benzene rings is 3. The number of anilines is 2. The number of amides is 4. The number of alkyl carbamates (subject to hydrolysis) is 2. The summed E-state index contributed by atoms with van der Waals surface area (Å²) in [6.45, 7) is 11.3. The average Bonchev–Trinajstić information content (AvgIpc) is 3.06. The number of carbonyl (C=O) groups excluding carboxylic acids is 6. The van der Waals surface area contributed by atoms with Gasteiger partial charge in [0.15, 0.2) is 0 Å². The Labute approximate surface area is 302 Å². The van der Waals surface area contributed by atoms with Gasteiger partial charge < -0.3 is 40.2 Å². The highest BCUT2D eigenvalue weighted by atomic mass is 16.6. The first-order valence-corrected chi connectivity index (χ1v) is 16.5. The van der Waals surface area contributed by atoms with Gasteiger partial charge >= 0.3 is 24.1 Å². The standard InChI is InChI=1S/C38H46N4O10/c1-37(2,3)51-35(47)39-19-17-23-9-13-25(14-10-23)41-31(43)27-21-30(34(46)50-8)28(22-29(27)33(45)49-7)32(44)42-26-15-11-24(12-16-26)18-20-40-36(48)52-38(4,5)6/h9-16,21-22H,17-20H2,1-8H3,(H,39,47)(H,40,48)(H,41,43)(H,42,44). The van der Waals surface area contributed by atoms with Gasteiger partial charge in [0.25, 0.3) is 11.8 Å². The van der Waals surface area contributed by atoms with Crippen LogP contribution in [0.25, 0.3) is 0 Å². The molecular weight excluding hydrogens is 672 g/mol. The van der Waals surface area contributed by atoms with Gasteiger partial charge in [0.2, 0.25) is 0 Å². The van der Waals surface area contributed by atoms with Crippen molar-refractivity contribution in [2.45, 2.75) is 65.6 Å². The van der Waals surface area contributed by atoms with E-state index in [-0.39, 0.29) is 22.3 Å². The van der Waals surface area contributed by atoms with Gasteiger partial charge in [-0.15, -0.1) is 0 Å². The maximum Gasteiger partial charge on any atom is 0.407 e. The van der Waals surface area contributed by atoms with E-state index in [0.29, 0.717) is 37.3 Å². The van der Waals surface area contributed by atoms with E-state index in [1.165, 1.54) is 0 Å². The fraction of sp³-hybridized carbons (Fsp3) is 0.368. The summed E-state index contributed by atoms with van der Waals surface area (Å²) >= 11 is 0. The number of methoxy groups -OCH3 is 2. The number of carbonyl (C=O) groups is 6. The van der Waals surface area contributed by atoms with Gasteiger partial charge in [0.1, 0.15) is 11.2 Å². The predicted octanol–water partition coefficient (Wildman–Crippen LogP) is 5.90. The van der Waals surface area contributed by atoms with Crippen molar-refractivity contribution < 1.29 is 47.7 Å². The molecule has 0 radical (unpaired) electrons. The summed E-state index contributed by atoms with van der Waals surface area (Å²) in [4.78, 5) is 76.4. The van der Waals surface area contributed by atoms with Gasteiger partial charge in [0, 0.05) is 24.5 Å². The molecule has 52 heavy (non-hydrogen) atoms. The molecule has 0 saturated heterocycles. The van der Waals surface area contributed by atoms with Crippen LogP contribution in [0.3, 0.4) is 0 Å². The monoisotopic (exact) mass is 718 g/mol. The Morgan fingerprint density at radius 1 is 0.519 bits per heavy atom. The molecule has 0 aliphatic carbocycles. The molecule has 0 bridgehead atoms. The van der Waals surface area contributed by atoms with Gasteiger partial charge in [-0.1, -0.05) is 24.3 Å². The van der Waals surface area contributed by atoms with Crippen molar-refractivity contribution in [1.29, 1.82) is 0 Å². The van der Waals surface area contributed by atoms with Crippen molar-refractivity contribution in [2.24, 2.45) is 0 Å². The SMILES string of the molecule is COC(=O)c1cc(C(=O)Nc2ccc(CCNC(=O)OC(C)(C)C)cc2)c(C(=O)OC)cc1C(=O)Nc1ccc(CCNC(=O)OC(C)(C)C)cc1. The summed E-state index contributed by atoms with van der Waals surface area (Å²) < 4.78 is 20.3. The van der Waals surface area contributed by atoms with Gasteiger partial charge in [-0.3, -0.25) is 9.59 Å². The van der Waals surface area contributed by atoms with E-state index in [0.717, 1.165) is 37.5 Å². The van der Waals surface area contributed by atoms with Crippen molar-refractivity contribution >= 4 is 47.3 Å². The van der Waals surface area contributed by atoms with E-state index >= 15 is 0 Å². The Kier molecular flexibility index (Phi) is 13.9. The molecule has 0 fully saturated rings. The molecular formula is C38H46N4O10. The van der Waals surface area contributed by atoms with E-state index in [2.05, 4.69) is 21.3 Å². The molecule has 3 aromatic carbocycles. The van der Waals surface area contributed by atoms with Gasteiger partial charge in [-0.2, -0.15) is 0 Å².